The largest absolute Gasteiger partial charge is 0.469 e. The van der Waals surface area contributed by atoms with Gasteiger partial charge in [-0.2, -0.15) is 0 Å². The standard InChI is InChI=1S/C6H16NO5P/c1-2-3-6(8)5(7)4-12-13(9,10)11/h5-6,8H,2-4,7H2,1H3,(H2,9,10,11)/t5-,6+/m0/s1. The van der Waals surface area contributed by atoms with Crippen molar-refractivity contribution in [3.63, 3.8) is 0 Å². The van der Waals surface area contributed by atoms with Crippen molar-refractivity contribution < 1.29 is 24.0 Å². The van der Waals surface area contributed by atoms with Crippen LogP contribution in [-0.2, 0) is 9.09 Å². The zero-order valence-electron chi connectivity index (χ0n) is 7.46. The Morgan fingerprint density at radius 3 is 2.46 bits per heavy atom. The molecule has 0 aromatic rings. The summed E-state index contributed by atoms with van der Waals surface area (Å²) in [6.45, 7) is 1.53. The van der Waals surface area contributed by atoms with Crippen molar-refractivity contribution in [2.75, 3.05) is 6.61 Å². The van der Waals surface area contributed by atoms with E-state index in [2.05, 4.69) is 4.52 Å². The van der Waals surface area contributed by atoms with Gasteiger partial charge in [0.15, 0.2) is 0 Å². The molecule has 0 aliphatic heterocycles. The van der Waals surface area contributed by atoms with Crippen molar-refractivity contribution in [3.8, 4) is 0 Å². The van der Waals surface area contributed by atoms with Crippen molar-refractivity contribution in [3.05, 3.63) is 0 Å². The maximum atomic E-state index is 10.3. The fraction of sp³-hybridized carbons (Fsp3) is 1.00. The van der Waals surface area contributed by atoms with Gasteiger partial charge in [0.1, 0.15) is 0 Å². The van der Waals surface area contributed by atoms with Gasteiger partial charge in [-0.1, -0.05) is 13.3 Å². The van der Waals surface area contributed by atoms with Crippen molar-refractivity contribution in [2.45, 2.75) is 31.9 Å². The van der Waals surface area contributed by atoms with E-state index < -0.39 is 20.0 Å². The van der Waals surface area contributed by atoms with Gasteiger partial charge in [-0.25, -0.2) is 4.57 Å². The summed E-state index contributed by atoms with van der Waals surface area (Å²) in [4.78, 5) is 16.7. The molecule has 0 unspecified atom stereocenters. The third-order valence-electron chi connectivity index (χ3n) is 1.51. The van der Waals surface area contributed by atoms with Crippen LogP contribution in [0.5, 0.6) is 0 Å². The highest BCUT2D eigenvalue weighted by atomic mass is 31.2. The summed E-state index contributed by atoms with van der Waals surface area (Å²) in [7, 11) is -4.47. The van der Waals surface area contributed by atoms with Crippen LogP contribution in [0, 0.1) is 0 Å². The van der Waals surface area contributed by atoms with Crippen LogP contribution in [0.15, 0.2) is 0 Å². The quantitative estimate of drug-likeness (QED) is 0.446. The molecular weight excluding hydrogens is 197 g/mol. The van der Waals surface area contributed by atoms with Gasteiger partial charge in [0, 0.05) is 0 Å². The van der Waals surface area contributed by atoms with Crippen molar-refractivity contribution in [2.24, 2.45) is 5.73 Å². The maximum absolute atomic E-state index is 10.3. The monoisotopic (exact) mass is 213 g/mol. The minimum Gasteiger partial charge on any atom is -0.391 e. The van der Waals surface area contributed by atoms with E-state index in [0.717, 1.165) is 6.42 Å². The molecule has 6 nitrogen and oxygen atoms in total. The van der Waals surface area contributed by atoms with Gasteiger partial charge in [-0.05, 0) is 6.42 Å². The van der Waals surface area contributed by atoms with Crippen LogP contribution >= 0.6 is 7.82 Å². The first-order valence-electron chi connectivity index (χ1n) is 4.00. The summed E-state index contributed by atoms with van der Waals surface area (Å²) >= 11 is 0. The minimum absolute atomic E-state index is 0.342. The molecule has 0 radical (unpaired) electrons. The highest BCUT2D eigenvalue weighted by Gasteiger charge is 2.20. The lowest BCUT2D eigenvalue weighted by Gasteiger charge is -2.18. The van der Waals surface area contributed by atoms with Crippen molar-refractivity contribution in [1.82, 2.24) is 0 Å². The Bertz CT molecular complexity index is 182. The number of hydrogen-bond acceptors (Lipinski definition) is 4. The lowest BCUT2D eigenvalue weighted by molar-refractivity contribution is 0.0947. The molecule has 0 aromatic heterocycles. The van der Waals surface area contributed by atoms with Crippen LogP contribution < -0.4 is 5.73 Å². The maximum Gasteiger partial charge on any atom is 0.469 e. The topological polar surface area (TPSA) is 113 Å². The first kappa shape index (κ1) is 13.0. The second kappa shape index (κ2) is 5.70. The van der Waals surface area contributed by atoms with Gasteiger partial charge in [-0.15, -0.1) is 0 Å². The Hall–Kier alpha value is 0.0300. The molecule has 2 atom stereocenters. The van der Waals surface area contributed by atoms with Crippen LogP contribution in [0.2, 0.25) is 0 Å². The average molecular weight is 213 g/mol. The summed E-state index contributed by atoms with van der Waals surface area (Å²) in [5, 5.41) is 9.26. The van der Waals surface area contributed by atoms with Gasteiger partial charge in [-0.3, -0.25) is 4.52 Å². The highest BCUT2D eigenvalue weighted by Crippen LogP contribution is 2.35. The molecule has 0 bridgehead atoms. The van der Waals surface area contributed by atoms with E-state index in [1.165, 1.54) is 0 Å². The Morgan fingerprint density at radius 2 is 2.08 bits per heavy atom. The number of nitrogens with two attached hydrogens (primary N) is 1. The van der Waals surface area contributed by atoms with E-state index in [4.69, 9.17) is 15.5 Å². The molecule has 7 heteroatoms. The molecule has 0 aromatic carbocycles. The Labute approximate surface area is 76.9 Å². The molecule has 0 heterocycles. The first-order chi connectivity index (χ1) is 5.87. The van der Waals surface area contributed by atoms with Gasteiger partial charge >= 0.3 is 7.82 Å². The van der Waals surface area contributed by atoms with E-state index in [0.29, 0.717) is 6.42 Å². The number of aliphatic hydroxyl groups excluding tert-OH is 1. The van der Waals surface area contributed by atoms with Gasteiger partial charge in [0.2, 0.25) is 0 Å². The van der Waals surface area contributed by atoms with Crippen LogP contribution in [-0.4, -0.2) is 33.6 Å². The molecule has 0 fully saturated rings. The van der Waals surface area contributed by atoms with Crippen LogP contribution in [0.3, 0.4) is 0 Å². The molecule has 13 heavy (non-hydrogen) atoms. The molecule has 0 spiro atoms. The number of rotatable bonds is 6. The van der Waals surface area contributed by atoms with Gasteiger partial charge in [0.05, 0.1) is 18.8 Å². The molecular formula is C6H16NO5P. The summed E-state index contributed by atoms with van der Waals surface area (Å²) in [5.41, 5.74) is 5.39. The average Bonchev–Trinajstić information content (AvgIpc) is 1.99. The first-order valence-corrected chi connectivity index (χ1v) is 5.53. The zero-order valence-corrected chi connectivity index (χ0v) is 8.35. The lowest BCUT2D eigenvalue weighted by Crippen LogP contribution is -2.38. The highest BCUT2D eigenvalue weighted by molar-refractivity contribution is 7.46. The van der Waals surface area contributed by atoms with Crippen molar-refractivity contribution in [1.29, 1.82) is 0 Å². The fourth-order valence-electron chi connectivity index (χ4n) is 0.804. The smallest absolute Gasteiger partial charge is 0.391 e. The Balaban J connectivity index is 3.73. The predicted molar refractivity (Wildman–Crippen MR) is 46.9 cm³/mol. The molecule has 80 valence electrons. The molecule has 5 N–H and O–H groups in total. The van der Waals surface area contributed by atoms with E-state index in [1.807, 2.05) is 6.92 Å². The van der Waals surface area contributed by atoms with Crippen molar-refractivity contribution >= 4 is 7.82 Å². The zero-order chi connectivity index (χ0) is 10.5. The number of phosphoric acid groups is 1. The van der Waals surface area contributed by atoms with Crippen LogP contribution in [0.4, 0.5) is 0 Å². The third kappa shape index (κ3) is 7.13. The number of phosphoric ester groups is 1. The Kier molecular flexibility index (Phi) is 5.71. The summed E-state index contributed by atoms with van der Waals surface area (Å²) in [6.07, 6.45) is 0.466. The molecule has 0 saturated carbocycles. The van der Waals surface area contributed by atoms with Crippen LogP contribution in [0.1, 0.15) is 19.8 Å². The van der Waals surface area contributed by atoms with Gasteiger partial charge in [0.25, 0.3) is 0 Å². The normalized spacial score (nSPS) is 17.0. The summed E-state index contributed by atoms with van der Waals surface area (Å²) < 4.78 is 14.4. The third-order valence-corrected chi connectivity index (χ3v) is 2.00. The molecule has 0 rings (SSSR count). The lowest BCUT2D eigenvalue weighted by atomic mass is 10.1. The molecule has 0 saturated heterocycles. The Morgan fingerprint density at radius 1 is 1.54 bits per heavy atom. The van der Waals surface area contributed by atoms with E-state index >= 15 is 0 Å². The number of aliphatic hydroxyl groups is 1. The molecule has 0 aliphatic rings. The van der Waals surface area contributed by atoms with Gasteiger partial charge < -0.3 is 20.6 Å². The summed E-state index contributed by atoms with van der Waals surface area (Å²) in [6, 6.07) is -0.757. The molecule has 0 aliphatic carbocycles. The summed E-state index contributed by atoms with van der Waals surface area (Å²) in [5.74, 6) is 0. The predicted octanol–water partition coefficient (Wildman–Crippen LogP) is -0.416. The second-order valence-corrected chi connectivity index (χ2v) is 4.05. The van der Waals surface area contributed by atoms with Crippen LogP contribution in [0.25, 0.3) is 0 Å². The number of hydrogen-bond donors (Lipinski definition) is 4. The fourth-order valence-corrected chi connectivity index (χ4v) is 1.17. The van der Waals surface area contributed by atoms with E-state index in [-0.39, 0.29) is 6.61 Å². The second-order valence-electron chi connectivity index (χ2n) is 2.81. The minimum atomic E-state index is -4.47. The SMILES string of the molecule is CCC[C@@H](O)[C@@H](N)COP(=O)(O)O. The molecule has 0 amide bonds. The van der Waals surface area contributed by atoms with E-state index in [9.17, 15) is 9.67 Å². The van der Waals surface area contributed by atoms with E-state index in [1.54, 1.807) is 0 Å².